The first-order valence-corrected chi connectivity index (χ1v) is 10.5. The molecule has 3 aromatic carbocycles. The van der Waals surface area contributed by atoms with Crippen LogP contribution in [0.1, 0.15) is 16.1 Å². The number of amides is 1. The van der Waals surface area contributed by atoms with Gasteiger partial charge in [-0.1, -0.05) is 23.7 Å². The Morgan fingerprint density at radius 2 is 1.73 bits per heavy atom. The highest BCUT2D eigenvalue weighted by Gasteiger charge is 2.20. The van der Waals surface area contributed by atoms with Crippen LogP contribution in [0.2, 0.25) is 5.02 Å². The van der Waals surface area contributed by atoms with Crippen molar-refractivity contribution >= 4 is 17.5 Å². The van der Waals surface area contributed by atoms with Gasteiger partial charge in [0.05, 0.1) is 25.6 Å². The lowest BCUT2D eigenvalue weighted by molar-refractivity contribution is 0.0943. The van der Waals surface area contributed by atoms with E-state index in [9.17, 15) is 9.18 Å². The van der Waals surface area contributed by atoms with Crippen molar-refractivity contribution in [3.63, 3.8) is 0 Å². The molecule has 0 aliphatic heterocycles. The molecule has 0 radical (unpaired) electrons. The fourth-order valence-corrected chi connectivity index (χ4v) is 3.46. The predicted molar refractivity (Wildman–Crippen MR) is 125 cm³/mol. The monoisotopic (exact) mass is 465 g/mol. The highest BCUT2D eigenvalue weighted by atomic mass is 35.5. The summed E-state index contributed by atoms with van der Waals surface area (Å²) in [5.74, 6) is 0.544. The van der Waals surface area contributed by atoms with Crippen LogP contribution >= 0.6 is 11.6 Å². The molecule has 1 amide bonds. The molecular formula is C25H21ClFN3O3. The lowest BCUT2D eigenvalue weighted by Crippen LogP contribution is -2.25. The number of hydrogen-bond donors (Lipinski definition) is 1. The molecule has 1 N–H and O–H groups in total. The van der Waals surface area contributed by atoms with Gasteiger partial charge in [-0.2, -0.15) is 5.10 Å². The van der Waals surface area contributed by atoms with E-state index in [1.165, 1.54) is 12.1 Å². The zero-order valence-corrected chi connectivity index (χ0v) is 18.8. The fourth-order valence-electron chi connectivity index (χ4n) is 3.34. The molecule has 8 heteroatoms. The van der Waals surface area contributed by atoms with Crippen molar-refractivity contribution in [1.29, 1.82) is 0 Å². The number of carbonyl (C=O) groups excluding carboxylic acids is 1. The first kappa shape index (κ1) is 22.4. The number of rotatable bonds is 7. The summed E-state index contributed by atoms with van der Waals surface area (Å²) in [7, 11) is 3.14. The van der Waals surface area contributed by atoms with Gasteiger partial charge < -0.3 is 14.8 Å². The number of carbonyl (C=O) groups is 1. The summed E-state index contributed by atoms with van der Waals surface area (Å²) in [4.78, 5) is 13.1. The molecule has 1 aromatic heterocycles. The quantitative estimate of drug-likeness (QED) is 0.403. The molecule has 0 unspecified atom stereocenters. The summed E-state index contributed by atoms with van der Waals surface area (Å²) in [5.41, 5.74) is 3.03. The minimum atomic E-state index is -0.333. The Hall–Kier alpha value is -3.84. The van der Waals surface area contributed by atoms with Crippen molar-refractivity contribution in [2.45, 2.75) is 6.54 Å². The second kappa shape index (κ2) is 9.75. The van der Waals surface area contributed by atoms with E-state index in [4.69, 9.17) is 21.1 Å². The highest BCUT2D eigenvalue weighted by Crippen LogP contribution is 2.33. The fraction of sp³-hybridized carbons (Fsp3) is 0.120. The molecule has 0 aliphatic rings. The second-order valence-electron chi connectivity index (χ2n) is 7.18. The topological polar surface area (TPSA) is 65.4 Å². The van der Waals surface area contributed by atoms with Crippen LogP contribution in [0.3, 0.4) is 0 Å². The van der Waals surface area contributed by atoms with Crippen LogP contribution in [0, 0.1) is 5.82 Å². The lowest BCUT2D eigenvalue weighted by Gasteiger charge is -2.09. The van der Waals surface area contributed by atoms with Crippen molar-refractivity contribution < 1.29 is 18.7 Å². The van der Waals surface area contributed by atoms with Crippen molar-refractivity contribution in [2.75, 3.05) is 14.2 Å². The van der Waals surface area contributed by atoms with Gasteiger partial charge in [0, 0.05) is 23.2 Å². The maximum Gasteiger partial charge on any atom is 0.270 e. The summed E-state index contributed by atoms with van der Waals surface area (Å²) in [6.07, 6.45) is 0. The van der Waals surface area contributed by atoms with Gasteiger partial charge in [-0.3, -0.25) is 4.79 Å². The molecule has 0 bridgehead atoms. The Morgan fingerprint density at radius 1 is 1.00 bits per heavy atom. The van der Waals surface area contributed by atoms with Gasteiger partial charge >= 0.3 is 0 Å². The Labute approximate surface area is 195 Å². The van der Waals surface area contributed by atoms with Crippen LogP contribution in [-0.4, -0.2) is 29.9 Å². The molecule has 6 nitrogen and oxygen atoms in total. The SMILES string of the molecule is COc1ccc(-c2cc(C(=O)NCc3ccc(F)cc3)n(-c3ccc(Cl)cc3)n2)c(OC)c1. The summed E-state index contributed by atoms with van der Waals surface area (Å²) in [6.45, 7) is 0.242. The predicted octanol–water partition coefficient (Wildman–Crippen LogP) is 5.28. The third-order valence-electron chi connectivity index (χ3n) is 5.06. The summed E-state index contributed by atoms with van der Waals surface area (Å²) in [5, 5.41) is 8.12. The van der Waals surface area contributed by atoms with E-state index in [1.807, 2.05) is 6.07 Å². The highest BCUT2D eigenvalue weighted by molar-refractivity contribution is 6.30. The normalized spacial score (nSPS) is 10.7. The molecule has 0 spiro atoms. The van der Waals surface area contributed by atoms with E-state index in [2.05, 4.69) is 10.4 Å². The number of ether oxygens (including phenoxy) is 2. The van der Waals surface area contributed by atoms with Crippen molar-refractivity contribution in [2.24, 2.45) is 0 Å². The first-order valence-electron chi connectivity index (χ1n) is 10.1. The van der Waals surface area contributed by atoms with Crippen LogP contribution in [0.25, 0.3) is 16.9 Å². The van der Waals surface area contributed by atoms with Gasteiger partial charge in [-0.05, 0) is 60.2 Å². The molecular weight excluding hydrogens is 445 g/mol. The molecule has 4 aromatic rings. The van der Waals surface area contributed by atoms with Crippen LogP contribution in [0.5, 0.6) is 11.5 Å². The van der Waals surface area contributed by atoms with Crippen molar-refractivity contribution in [3.05, 3.63) is 94.9 Å². The Morgan fingerprint density at radius 3 is 2.39 bits per heavy atom. The van der Waals surface area contributed by atoms with Crippen molar-refractivity contribution in [1.82, 2.24) is 15.1 Å². The van der Waals surface area contributed by atoms with Crippen molar-refractivity contribution in [3.8, 4) is 28.4 Å². The van der Waals surface area contributed by atoms with E-state index >= 15 is 0 Å². The molecule has 1 heterocycles. The van der Waals surface area contributed by atoms with Gasteiger partial charge in [0.15, 0.2) is 0 Å². The van der Waals surface area contributed by atoms with Crippen LogP contribution < -0.4 is 14.8 Å². The largest absolute Gasteiger partial charge is 0.497 e. The summed E-state index contributed by atoms with van der Waals surface area (Å²) in [6, 6.07) is 20.0. The Kier molecular flexibility index (Phi) is 6.60. The van der Waals surface area contributed by atoms with E-state index in [-0.39, 0.29) is 18.3 Å². The molecule has 4 rings (SSSR count). The average molecular weight is 466 g/mol. The molecule has 0 atom stereocenters. The lowest BCUT2D eigenvalue weighted by atomic mass is 10.1. The zero-order valence-electron chi connectivity index (χ0n) is 18.0. The smallest absolute Gasteiger partial charge is 0.270 e. The maximum absolute atomic E-state index is 13.2. The van der Waals surface area contributed by atoms with Crippen LogP contribution in [0.4, 0.5) is 4.39 Å². The van der Waals surface area contributed by atoms with Crippen LogP contribution in [0.15, 0.2) is 72.8 Å². The third-order valence-corrected chi connectivity index (χ3v) is 5.32. The molecule has 33 heavy (non-hydrogen) atoms. The minimum Gasteiger partial charge on any atom is -0.497 e. The molecule has 0 aliphatic carbocycles. The average Bonchev–Trinajstić information content (AvgIpc) is 3.29. The summed E-state index contributed by atoms with van der Waals surface area (Å²) >= 11 is 6.04. The number of nitrogens with one attached hydrogen (secondary N) is 1. The van der Waals surface area contributed by atoms with E-state index < -0.39 is 0 Å². The van der Waals surface area contributed by atoms with Gasteiger partial charge in [0.1, 0.15) is 23.0 Å². The van der Waals surface area contributed by atoms with E-state index in [1.54, 1.807) is 73.5 Å². The first-order chi connectivity index (χ1) is 16.0. The van der Waals surface area contributed by atoms with Gasteiger partial charge in [-0.15, -0.1) is 0 Å². The van der Waals surface area contributed by atoms with E-state index in [0.29, 0.717) is 39.2 Å². The minimum absolute atomic E-state index is 0.242. The molecule has 0 saturated carbocycles. The Balaban J connectivity index is 1.72. The number of nitrogens with zero attached hydrogens (tertiary/aromatic N) is 2. The number of halogens is 2. The molecule has 0 saturated heterocycles. The Bertz CT molecular complexity index is 1270. The van der Waals surface area contributed by atoms with Gasteiger partial charge in [0.2, 0.25) is 0 Å². The van der Waals surface area contributed by atoms with Crippen LogP contribution in [-0.2, 0) is 6.54 Å². The third kappa shape index (κ3) is 4.99. The number of aromatic nitrogens is 2. The molecule has 0 fully saturated rings. The maximum atomic E-state index is 13.2. The summed E-state index contributed by atoms with van der Waals surface area (Å²) < 4.78 is 25.5. The number of benzene rings is 3. The molecule has 168 valence electrons. The van der Waals surface area contributed by atoms with Gasteiger partial charge in [-0.25, -0.2) is 9.07 Å². The van der Waals surface area contributed by atoms with Gasteiger partial charge in [0.25, 0.3) is 5.91 Å². The number of methoxy groups -OCH3 is 2. The van der Waals surface area contributed by atoms with E-state index in [0.717, 1.165) is 5.56 Å². The number of hydrogen-bond acceptors (Lipinski definition) is 4. The second-order valence-corrected chi connectivity index (χ2v) is 7.61. The standard InChI is InChI=1S/C25H21ClFN3O3/c1-32-20-11-12-21(24(13-20)33-2)22-14-23(30(29-22)19-9-5-17(26)6-10-19)25(31)28-15-16-3-7-18(27)8-4-16/h3-14H,15H2,1-2H3,(H,28,31). The zero-order chi connectivity index (χ0) is 23.4.